The van der Waals surface area contributed by atoms with Crippen LogP contribution in [0.4, 0.5) is 5.69 Å². The van der Waals surface area contributed by atoms with Crippen molar-refractivity contribution in [2.24, 2.45) is 4.99 Å². The number of hydrogen-bond acceptors (Lipinski definition) is 3. The summed E-state index contributed by atoms with van der Waals surface area (Å²) in [5.41, 5.74) is 2.25. The third-order valence-corrected chi connectivity index (χ3v) is 2.80. The van der Waals surface area contributed by atoms with Crippen LogP contribution in [-0.2, 0) is 0 Å². The highest BCUT2D eigenvalue weighted by Gasteiger charge is 2.09. The fourth-order valence-corrected chi connectivity index (χ4v) is 1.75. The zero-order chi connectivity index (χ0) is 13.8. The number of aromatic nitrogens is 3. The Bertz CT molecular complexity index is 638. The number of hydrogen-bond donors (Lipinski definition) is 0. The van der Waals surface area contributed by atoms with Crippen molar-refractivity contribution in [3.05, 3.63) is 53.8 Å². The first-order chi connectivity index (χ1) is 9.15. The molecule has 0 saturated heterocycles. The summed E-state index contributed by atoms with van der Waals surface area (Å²) in [6.45, 7) is 9.29. The molecule has 0 bridgehead atoms. The Morgan fingerprint density at radius 3 is 2.53 bits per heavy atom. The lowest BCUT2D eigenvalue weighted by molar-refractivity contribution is 0.832. The Morgan fingerprint density at radius 1 is 1.26 bits per heavy atom. The van der Waals surface area contributed by atoms with Crippen LogP contribution in [0.5, 0.6) is 0 Å². The van der Waals surface area contributed by atoms with Crippen molar-refractivity contribution in [2.75, 3.05) is 0 Å². The summed E-state index contributed by atoms with van der Waals surface area (Å²) in [4.78, 5) is 4.46. The van der Waals surface area contributed by atoms with E-state index in [4.69, 9.17) is 11.6 Å². The average molecular weight is 273 g/mol. The lowest BCUT2D eigenvalue weighted by Gasteiger charge is -2.03. The Balaban J connectivity index is 2.41. The van der Waals surface area contributed by atoms with E-state index in [2.05, 4.69) is 28.5 Å². The van der Waals surface area contributed by atoms with Gasteiger partial charge < -0.3 is 0 Å². The van der Waals surface area contributed by atoms with Crippen molar-refractivity contribution in [3.8, 4) is 0 Å². The molecule has 0 unspecified atom stereocenters. The third kappa shape index (κ3) is 2.80. The van der Waals surface area contributed by atoms with E-state index in [1.165, 1.54) is 0 Å². The van der Waals surface area contributed by atoms with Gasteiger partial charge in [0.2, 0.25) is 0 Å². The average Bonchev–Trinajstić information content (AvgIpc) is 2.84. The van der Waals surface area contributed by atoms with E-state index >= 15 is 0 Å². The molecule has 1 heterocycles. The van der Waals surface area contributed by atoms with Crippen LogP contribution in [0.25, 0.3) is 12.2 Å². The molecule has 1 aromatic heterocycles. The number of aliphatic imine (C=N–C) groups is 1. The third-order valence-electron chi connectivity index (χ3n) is 2.54. The molecule has 0 N–H and O–H groups in total. The molecular formula is C14H13ClN4. The molecule has 0 aliphatic carbocycles. The highest BCUT2D eigenvalue weighted by molar-refractivity contribution is 6.30. The van der Waals surface area contributed by atoms with Crippen LogP contribution < -0.4 is 0 Å². The van der Waals surface area contributed by atoms with Crippen molar-refractivity contribution >= 4 is 35.3 Å². The van der Waals surface area contributed by atoms with E-state index in [1.54, 1.807) is 29.0 Å². The minimum absolute atomic E-state index is 0.679. The second kappa shape index (κ2) is 5.63. The molecule has 0 radical (unpaired) electrons. The quantitative estimate of drug-likeness (QED) is 0.630. The molecule has 0 fully saturated rings. The zero-order valence-corrected chi connectivity index (χ0v) is 11.3. The van der Waals surface area contributed by atoms with Gasteiger partial charge in [-0.3, -0.25) is 0 Å². The molecule has 1 aromatic carbocycles. The van der Waals surface area contributed by atoms with Crippen LogP contribution in [-0.4, -0.2) is 20.8 Å². The molecule has 0 atom stereocenters. The highest BCUT2D eigenvalue weighted by atomic mass is 35.5. The minimum Gasteiger partial charge on any atom is -0.234 e. The van der Waals surface area contributed by atoms with Gasteiger partial charge in [-0.15, -0.1) is 5.10 Å². The van der Waals surface area contributed by atoms with Crippen LogP contribution in [0, 0.1) is 0 Å². The second-order valence-electron chi connectivity index (χ2n) is 3.82. The van der Waals surface area contributed by atoms with E-state index in [9.17, 15) is 0 Å². The van der Waals surface area contributed by atoms with E-state index in [0.29, 0.717) is 16.6 Å². The summed E-state index contributed by atoms with van der Waals surface area (Å²) in [5, 5.41) is 8.72. The van der Waals surface area contributed by atoms with Gasteiger partial charge in [0.15, 0.2) is 0 Å². The first-order valence-electron chi connectivity index (χ1n) is 5.67. The molecule has 5 heteroatoms. The fraction of sp³-hybridized carbons (Fsp3) is 0.0714. The topological polar surface area (TPSA) is 43.1 Å². The molecule has 96 valence electrons. The monoisotopic (exact) mass is 272 g/mol. The molecular weight excluding hydrogens is 260 g/mol. The smallest absolute Gasteiger partial charge is 0.129 e. The van der Waals surface area contributed by atoms with E-state index < -0.39 is 0 Å². The maximum absolute atomic E-state index is 5.83. The molecule has 0 saturated carbocycles. The standard InChI is InChI=1S/C14H13ClN4/c1-4-13-14(5-2)19(18-17-13)10(3)16-12-8-6-11(15)7-9-12/h4-9H,1-2H2,3H3/b16-10+. The molecule has 0 spiro atoms. The lowest BCUT2D eigenvalue weighted by atomic mass is 10.3. The Morgan fingerprint density at radius 2 is 1.95 bits per heavy atom. The normalized spacial score (nSPS) is 11.4. The van der Waals surface area contributed by atoms with Gasteiger partial charge in [0.1, 0.15) is 11.5 Å². The van der Waals surface area contributed by atoms with Crippen LogP contribution in [0.15, 0.2) is 42.4 Å². The molecule has 19 heavy (non-hydrogen) atoms. The minimum atomic E-state index is 0.679. The van der Waals surface area contributed by atoms with Crippen LogP contribution in [0.2, 0.25) is 5.02 Å². The fourth-order valence-electron chi connectivity index (χ4n) is 1.63. The van der Waals surface area contributed by atoms with Crippen LogP contribution >= 0.6 is 11.6 Å². The first-order valence-corrected chi connectivity index (χ1v) is 6.05. The van der Waals surface area contributed by atoms with Crippen molar-refractivity contribution in [3.63, 3.8) is 0 Å². The summed E-state index contributed by atoms with van der Waals surface area (Å²) < 4.78 is 1.62. The number of benzene rings is 1. The van der Waals surface area contributed by atoms with Gasteiger partial charge in [0, 0.05) is 5.02 Å². The summed E-state index contributed by atoms with van der Waals surface area (Å²) in [7, 11) is 0. The van der Waals surface area contributed by atoms with Crippen molar-refractivity contribution < 1.29 is 0 Å². The van der Waals surface area contributed by atoms with Gasteiger partial charge in [-0.2, -0.15) is 4.68 Å². The van der Waals surface area contributed by atoms with Crippen molar-refractivity contribution in [2.45, 2.75) is 6.92 Å². The highest BCUT2D eigenvalue weighted by Crippen LogP contribution is 2.17. The second-order valence-corrected chi connectivity index (χ2v) is 4.25. The predicted octanol–water partition coefficient (Wildman–Crippen LogP) is 3.82. The largest absolute Gasteiger partial charge is 0.234 e. The van der Waals surface area contributed by atoms with Crippen molar-refractivity contribution in [1.29, 1.82) is 0 Å². The van der Waals surface area contributed by atoms with E-state index in [1.807, 2.05) is 19.1 Å². The number of nitrogens with zero attached hydrogens (tertiary/aromatic N) is 4. The maximum atomic E-state index is 5.83. The van der Waals surface area contributed by atoms with Crippen LogP contribution in [0.1, 0.15) is 18.3 Å². The molecule has 4 nitrogen and oxygen atoms in total. The van der Waals surface area contributed by atoms with Gasteiger partial charge in [-0.1, -0.05) is 30.0 Å². The summed E-state index contributed by atoms with van der Waals surface area (Å²) in [5.74, 6) is 0.692. The van der Waals surface area contributed by atoms with Crippen molar-refractivity contribution in [1.82, 2.24) is 15.0 Å². The van der Waals surface area contributed by atoms with Crippen LogP contribution in [0.3, 0.4) is 0 Å². The summed E-state index contributed by atoms with van der Waals surface area (Å²) in [6.07, 6.45) is 3.31. The van der Waals surface area contributed by atoms with Gasteiger partial charge in [0.05, 0.1) is 11.4 Å². The number of halogens is 1. The first kappa shape index (κ1) is 13.2. The Hall–Kier alpha value is -2.20. The number of rotatable bonds is 3. The zero-order valence-electron chi connectivity index (χ0n) is 10.5. The van der Waals surface area contributed by atoms with Gasteiger partial charge >= 0.3 is 0 Å². The van der Waals surface area contributed by atoms with E-state index in [0.717, 1.165) is 11.4 Å². The molecule has 0 aliphatic rings. The Kier molecular flexibility index (Phi) is 3.92. The Labute approximate surface area is 116 Å². The lowest BCUT2D eigenvalue weighted by Crippen LogP contribution is -2.11. The molecule has 0 aliphatic heterocycles. The van der Waals surface area contributed by atoms with Gasteiger partial charge in [0.25, 0.3) is 0 Å². The predicted molar refractivity (Wildman–Crippen MR) is 79.8 cm³/mol. The SMILES string of the molecule is C=Cc1nnn(/C(C)=N/c2ccc(Cl)cc2)c1C=C. The maximum Gasteiger partial charge on any atom is 0.129 e. The van der Waals surface area contributed by atoms with Gasteiger partial charge in [-0.05, 0) is 43.3 Å². The molecule has 0 amide bonds. The van der Waals surface area contributed by atoms with Gasteiger partial charge in [-0.25, -0.2) is 4.99 Å². The summed E-state index contributed by atoms with van der Waals surface area (Å²) in [6, 6.07) is 7.26. The van der Waals surface area contributed by atoms with E-state index in [-0.39, 0.29) is 0 Å². The molecule has 2 rings (SSSR count). The summed E-state index contributed by atoms with van der Waals surface area (Å²) >= 11 is 5.83. The molecule has 2 aromatic rings.